The minimum Gasteiger partial charge on any atom is -0.352 e. The molecule has 202 valence electrons. The minimum absolute atomic E-state index is 0.0129. The van der Waals surface area contributed by atoms with Crippen molar-refractivity contribution in [2.24, 2.45) is 0 Å². The molecule has 0 fully saturated rings. The van der Waals surface area contributed by atoms with Crippen molar-refractivity contribution >= 4 is 39.1 Å². The molecular formula is C29H34ClN3O4S. The Hall–Kier alpha value is -3.36. The second kappa shape index (κ2) is 13.4. The molecule has 0 saturated heterocycles. The van der Waals surface area contributed by atoms with Crippen molar-refractivity contribution in [3.05, 3.63) is 95.5 Å². The number of halogens is 1. The van der Waals surface area contributed by atoms with Gasteiger partial charge in [0, 0.05) is 17.6 Å². The quantitative estimate of drug-likeness (QED) is 0.344. The fourth-order valence-corrected chi connectivity index (χ4v) is 5.67. The maximum Gasteiger partial charge on any atom is 0.264 e. The Morgan fingerprint density at radius 3 is 2.03 bits per heavy atom. The molecule has 0 bridgehead atoms. The molecule has 0 unspecified atom stereocenters. The number of amides is 2. The standard InChI is InChI=1S/C29H34ClN3O4S/c1-4-27(29(35)31-22(2)3)32(20-19-23-11-7-5-8-12-23)28(34)21-33(25-13-9-6-10-14-25)38(36,37)26-17-15-24(30)16-18-26/h5-18,22,27H,4,19-21H2,1-3H3,(H,31,35)/t27-/m0/s1. The number of hydrogen-bond acceptors (Lipinski definition) is 4. The molecule has 0 radical (unpaired) electrons. The van der Waals surface area contributed by atoms with Crippen LogP contribution in [0, 0.1) is 0 Å². The number of sulfonamides is 1. The normalized spacial score (nSPS) is 12.1. The number of carbonyl (C=O) groups is 2. The lowest BCUT2D eigenvalue weighted by Gasteiger charge is -2.33. The van der Waals surface area contributed by atoms with Crippen LogP contribution in [0.15, 0.2) is 89.8 Å². The molecular weight excluding hydrogens is 522 g/mol. The Balaban J connectivity index is 1.98. The van der Waals surface area contributed by atoms with Crippen LogP contribution in [0.2, 0.25) is 5.02 Å². The van der Waals surface area contributed by atoms with Crippen LogP contribution >= 0.6 is 11.6 Å². The molecule has 3 rings (SSSR count). The van der Waals surface area contributed by atoms with E-state index < -0.39 is 28.5 Å². The number of anilines is 1. The lowest BCUT2D eigenvalue weighted by atomic mass is 10.1. The number of rotatable bonds is 12. The van der Waals surface area contributed by atoms with Gasteiger partial charge in [-0.2, -0.15) is 0 Å². The first-order valence-electron chi connectivity index (χ1n) is 12.6. The number of benzene rings is 3. The van der Waals surface area contributed by atoms with Crippen molar-refractivity contribution in [3.63, 3.8) is 0 Å². The lowest BCUT2D eigenvalue weighted by molar-refractivity contribution is -0.139. The minimum atomic E-state index is -4.11. The van der Waals surface area contributed by atoms with E-state index in [1.54, 1.807) is 30.3 Å². The molecule has 3 aromatic carbocycles. The largest absolute Gasteiger partial charge is 0.352 e. The maximum absolute atomic E-state index is 13.9. The van der Waals surface area contributed by atoms with E-state index in [9.17, 15) is 18.0 Å². The molecule has 2 amide bonds. The molecule has 0 spiro atoms. The van der Waals surface area contributed by atoms with Gasteiger partial charge in [0.2, 0.25) is 11.8 Å². The molecule has 1 atom stereocenters. The number of nitrogens with one attached hydrogen (secondary N) is 1. The first-order valence-corrected chi connectivity index (χ1v) is 14.4. The Morgan fingerprint density at radius 2 is 1.47 bits per heavy atom. The first-order chi connectivity index (χ1) is 18.1. The van der Waals surface area contributed by atoms with E-state index in [1.165, 1.54) is 29.2 Å². The average molecular weight is 556 g/mol. The van der Waals surface area contributed by atoms with Crippen molar-refractivity contribution in [1.29, 1.82) is 0 Å². The van der Waals surface area contributed by atoms with E-state index in [2.05, 4.69) is 5.32 Å². The zero-order chi connectivity index (χ0) is 27.7. The molecule has 0 aliphatic rings. The van der Waals surface area contributed by atoms with E-state index in [-0.39, 0.29) is 23.4 Å². The topological polar surface area (TPSA) is 86.8 Å². The smallest absolute Gasteiger partial charge is 0.264 e. The molecule has 3 aromatic rings. The third-order valence-electron chi connectivity index (χ3n) is 6.03. The summed E-state index contributed by atoms with van der Waals surface area (Å²) < 4.78 is 28.6. The summed E-state index contributed by atoms with van der Waals surface area (Å²) >= 11 is 5.98. The molecule has 38 heavy (non-hydrogen) atoms. The van der Waals surface area contributed by atoms with Crippen LogP contribution < -0.4 is 9.62 Å². The van der Waals surface area contributed by atoms with E-state index in [1.807, 2.05) is 51.1 Å². The van der Waals surface area contributed by atoms with Gasteiger partial charge in [0.05, 0.1) is 10.6 Å². The Morgan fingerprint density at radius 1 is 0.895 bits per heavy atom. The van der Waals surface area contributed by atoms with Crippen molar-refractivity contribution in [1.82, 2.24) is 10.2 Å². The van der Waals surface area contributed by atoms with Crippen LogP contribution in [0.1, 0.15) is 32.8 Å². The van der Waals surface area contributed by atoms with Crippen LogP contribution in [0.5, 0.6) is 0 Å². The zero-order valence-corrected chi connectivity index (χ0v) is 23.5. The summed E-state index contributed by atoms with van der Waals surface area (Å²) in [6.07, 6.45) is 0.904. The van der Waals surface area contributed by atoms with E-state index in [0.717, 1.165) is 9.87 Å². The van der Waals surface area contributed by atoms with Gasteiger partial charge in [-0.05, 0) is 68.7 Å². The Kier molecular flexibility index (Phi) is 10.3. The monoisotopic (exact) mass is 555 g/mol. The molecule has 0 saturated carbocycles. The number of hydrogen-bond donors (Lipinski definition) is 1. The van der Waals surface area contributed by atoms with Gasteiger partial charge < -0.3 is 10.2 Å². The highest BCUT2D eigenvalue weighted by Crippen LogP contribution is 2.25. The zero-order valence-electron chi connectivity index (χ0n) is 21.9. The first kappa shape index (κ1) is 29.2. The van der Waals surface area contributed by atoms with Crippen molar-refractivity contribution in [3.8, 4) is 0 Å². The molecule has 9 heteroatoms. The van der Waals surface area contributed by atoms with Crippen molar-refractivity contribution < 1.29 is 18.0 Å². The predicted molar refractivity (Wildman–Crippen MR) is 152 cm³/mol. The van der Waals surface area contributed by atoms with Crippen LogP contribution in [-0.4, -0.2) is 50.3 Å². The van der Waals surface area contributed by atoms with E-state index >= 15 is 0 Å². The number of nitrogens with zero attached hydrogens (tertiary/aromatic N) is 2. The lowest BCUT2D eigenvalue weighted by Crippen LogP contribution is -2.54. The van der Waals surface area contributed by atoms with Gasteiger partial charge in [-0.1, -0.05) is 67.1 Å². The van der Waals surface area contributed by atoms with Gasteiger partial charge in [-0.15, -0.1) is 0 Å². The van der Waals surface area contributed by atoms with Crippen LogP contribution in [0.3, 0.4) is 0 Å². The second-order valence-corrected chi connectivity index (χ2v) is 11.5. The summed E-state index contributed by atoms with van der Waals surface area (Å²) in [5.74, 6) is -0.733. The fourth-order valence-electron chi connectivity index (χ4n) is 4.13. The third-order valence-corrected chi connectivity index (χ3v) is 8.07. The number of carbonyl (C=O) groups excluding carboxylic acids is 2. The van der Waals surface area contributed by atoms with Gasteiger partial charge in [0.15, 0.2) is 0 Å². The van der Waals surface area contributed by atoms with Gasteiger partial charge in [-0.3, -0.25) is 13.9 Å². The van der Waals surface area contributed by atoms with Crippen LogP contribution in [0.25, 0.3) is 0 Å². The van der Waals surface area contributed by atoms with Gasteiger partial charge in [0.1, 0.15) is 12.6 Å². The number of para-hydroxylation sites is 1. The van der Waals surface area contributed by atoms with Gasteiger partial charge in [0.25, 0.3) is 10.0 Å². The van der Waals surface area contributed by atoms with Gasteiger partial charge >= 0.3 is 0 Å². The van der Waals surface area contributed by atoms with Crippen molar-refractivity contribution in [2.45, 2.75) is 50.6 Å². The molecule has 0 aliphatic heterocycles. The van der Waals surface area contributed by atoms with Crippen molar-refractivity contribution in [2.75, 3.05) is 17.4 Å². The Bertz CT molecular complexity index is 1300. The molecule has 0 aliphatic carbocycles. The predicted octanol–water partition coefficient (Wildman–Crippen LogP) is 4.91. The summed E-state index contributed by atoms with van der Waals surface area (Å²) in [7, 11) is -4.11. The van der Waals surface area contributed by atoms with Gasteiger partial charge in [-0.25, -0.2) is 8.42 Å². The third kappa shape index (κ3) is 7.58. The summed E-state index contributed by atoms with van der Waals surface area (Å²) in [5, 5.41) is 3.30. The second-order valence-electron chi connectivity index (χ2n) is 9.21. The van der Waals surface area contributed by atoms with E-state index in [4.69, 9.17) is 11.6 Å². The van der Waals surface area contributed by atoms with E-state index in [0.29, 0.717) is 23.6 Å². The SMILES string of the molecule is CC[C@@H](C(=O)NC(C)C)N(CCc1ccccc1)C(=O)CN(c1ccccc1)S(=O)(=O)c1ccc(Cl)cc1. The summed E-state index contributed by atoms with van der Waals surface area (Å²) in [6.45, 7) is 5.35. The summed E-state index contributed by atoms with van der Waals surface area (Å²) in [4.78, 5) is 28.5. The highest BCUT2D eigenvalue weighted by molar-refractivity contribution is 7.92. The summed E-state index contributed by atoms with van der Waals surface area (Å²) in [5.41, 5.74) is 1.36. The highest BCUT2D eigenvalue weighted by atomic mass is 35.5. The average Bonchev–Trinajstić information content (AvgIpc) is 2.90. The van der Waals surface area contributed by atoms with Crippen LogP contribution in [-0.2, 0) is 26.0 Å². The molecule has 0 aromatic heterocycles. The molecule has 1 N–H and O–H groups in total. The highest BCUT2D eigenvalue weighted by Gasteiger charge is 2.33. The molecule has 0 heterocycles. The fraction of sp³-hybridized carbons (Fsp3) is 0.310. The van der Waals surface area contributed by atoms with Crippen LogP contribution in [0.4, 0.5) is 5.69 Å². The summed E-state index contributed by atoms with van der Waals surface area (Å²) in [6, 6.07) is 23.1. The molecule has 7 nitrogen and oxygen atoms in total. The maximum atomic E-state index is 13.9. The Labute approximate surface area is 230 Å².